The maximum absolute atomic E-state index is 12.5. The number of hydrogen-bond donors (Lipinski definition) is 2. The van der Waals surface area contributed by atoms with Crippen molar-refractivity contribution in [1.82, 2.24) is 5.32 Å². The summed E-state index contributed by atoms with van der Waals surface area (Å²) in [7, 11) is 0. The first-order valence-electron chi connectivity index (χ1n) is 8.16. The number of carboxylic acids is 1. The van der Waals surface area contributed by atoms with Crippen molar-refractivity contribution < 1.29 is 32.7 Å². The zero-order chi connectivity index (χ0) is 19.9. The number of carbonyl (C=O) groups excluding carboxylic acids is 2. The molecule has 0 aliphatic heterocycles. The van der Waals surface area contributed by atoms with Gasteiger partial charge in [0.25, 0.3) is 0 Å². The number of hydrogen-bond acceptors (Lipinski definition) is 3. The molecule has 5 nitrogen and oxygen atoms in total. The van der Waals surface area contributed by atoms with Crippen molar-refractivity contribution in [2.75, 3.05) is 6.54 Å². The summed E-state index contributed by atoms with van der Waals surface area (Å²) in [5.41, 5.74) is -0.364. The fourth-order valence-electron chi connectivity index (χ4n) is 2.55. The largest absolute Gasteiger partial charge is 0.480 e. The van der Waals surface area contributed by atoms with E-state index < -0.39 is 36.1 Å². The molecule has 1 aromatic rings. The van der Waals surface area contributed by atoms with Gasteiger partial charge in [-0.15, -0.1) is 0 Å². The Bertz CT molecular complexity index is 639. The lowest BCUT2D eigenvalue weighted by Gasteiger charge is -2.17. The smallest absolute Gasteiger partial charge is 0.416 e. The van der Waals surface area contributed by atoms with E-state index in [9.17, 15) is 27.6 Å². The standard InChI is InChI=1S/C18H22F3NO4/c1-11(2)7-13(17(26)22-10-16(24)25)9-15(23)8-12-3-5-14(6-4-12)18(19,20)21/h3-6,11,13H,7-10H2,1-2H3,(H,22,26)(H,24,25)/t13-/m1/s1. The summed E-state index contributed by atoms with van der Waals surface area (Å²) in [6.45, 7) is 3.22. The number of ketones is 1. The first-order chi connectivity index (χ1) is 12.0. The summed E-state index contributed by atoms with van der Waals surface area (Å²) < 4.78 is 37.6. The highest BCUT2D eigenvalue weighted by Gasteiger charge is 2.30. The highest BCUT2D eigenvalue weighted by molar-refractivity contribution is 5.89. The predicted octanol–water partition coefficient (Wildman–Crippen LogP) is 3.07. The van der Waals surface area contributed by atoms with Gasteiger partial charge in [-0.25, -0.2) is 0 Å². The minimum absolute atomic E-state index is 0.0844. The molecule has 1 amide bonds. The Balaban J connectivity index is 2.70. The van der Waals surface area contributed by atoms with Crippen molar-refractivity contribution in [2.45, 2.75) is 39.3 Å². The average molecular weight is 373 g/mol. The fourth-order valence-corrected chi connectivity index (χ4v) is 2.55. The summed E-state index contributed by atoms with van der Waals surface area (Å²) in [6.07, 6.45) is -4.21. The Kier molecular flexibility index (Phi) is 7.79. The van der Waals surface area contributed by atoms with Gasteiger partial charge in [-0.1, -0.05) is 26.0 Å². The third-order valence-electron chi connectivity index (χ3n) is 3.70. The van der Waals surface area contributed by atoms with E-state index in [1.54, 1.807) is 0 Å². The summed E-state index contributed by atoms with van der Waals surface area (Å²) in [5.74, 6) is -2.54. The van der Waals surface area contributed by atoms with Crippen LogP contribution in [0.1, 0.15) is 37.8 Å². The average Bonchev–Trinajstić information content (AvgIpc) is 2.51. The topological polar surface area (TPSA) is 83.5 Å². The molecule has 0 aliphatic carbocycles. The molecule has 0 fully saturated rings. The van der Waals surface area contributed by atoms with Gasteiger partial charge >= 0.3 is 12.1 Å². The van der Waals surface area contributed by atoms with Crippen LogP contribution in [-0.2, 0) is 27.0 Å². The van der Waals surface area contributed by atoms with E-state index in [1.807, 2.05) is 13.8 Å². The minimum atomic E-state index is -4.44. The lowest BCUT2D eigenvalue weighted by molar-refractivity contribution is -0.139. The van der Waals surface area contributed by atoms with Gasteiger partial charge in [-0.05, 0) is 30.0 Å². The van der Waals surface area contributed by atoms with Crippen molar-refractivity contribution in [2.24, 2.45) is 11.8 Å². The summed E-state index contributed by atoms with van der Waals surface area (Å²) in [5, 5.41) is 10.9. The van der Waals surface area contributed by atoms with Gasteiger partial charge in [-0.3, -0.25) is 14.4 Å². The zero-order valence-corrected chi connectivity index (χ0v) is 14.6. The third-order valence-corrected chi connectivity index (χ3v) is 3.70. The molecule has 1 rings (SSSR count). The fraction of sp³-hybridized carbons (Fsp3) is 0.500. The number of aliphatic carboxylic acids is 1. The van der Waals surface area contributed by atoms with Crippen LogP contribution in [0, 0.1) is 11.8 Å². The van der Waals surface area contributed by atoms with Crippen LogP contribution in [0.5, 0.6) is 0 Å². The Hall–Kier alpha value is -2.38. The number of carbonyl (C=O) groups is 3. The Morgan fingerprint density at radius 2 is 1.69 bits per heavy atom. The highest BCUT2D eigenvalue weighted by Crippen LogP contribution is 2.29. The molecule has 0 saturated heterocycles. The van der Waals surface area contributed by atoms with Crippen LogP contribution in [-0.4, -0.2) is 29.3 Å². The monoisotopic (exact) mass is 373 g/mol. The van der Waals surface area contributed by atoms with E-state index in [4.69, 9.17) is 5.11 Å². The van der Waals surface area contributed by atoms with Gasteiger partial charge in [0, 0.05) is 18.8 Å². The van der Waals surface area contributed by atoms with Crippen LogP contribution >= 0.6 is 0 Å². The number of amides is 1. The Labute approximate surface area is 149 Å². The first-order valence-corrected chi connectivity index (χ1v) is 8.16. The summed E-state index contributed by atoms with van der Waals surface area (Å²) in [4.78, 5) is 34.8. The quantitative estimate of drug-likeness (QED) is 0.697. The number of benzene rings is 1. The number of nitrogens with one attached hydrogen (secondary N) is 1. The van der Waals surface area contributed by atoms with Crippen molar-refractivity contribution in [3.8, 4) is 0 Å². The van der Waals surface area contributed by atoms with Gasteiger partial charge in [0.1, 0.15) is 12.3 Å². The molecule has 0 aromatic heterocycles. The zero-order valence-electron chi connectivity index (χ0n) is 14.6. The molecule has 0 radical (unpaired) electrons. The Morgan fingerprint density at radius 1 is 1.12 bits per heavy atom. The van der Waals surface area contributed by atoms with E-state index in [0.29, 0.717) is 12.0 Å². The molecule has 0 saturated carbocycles. The molecule has 0 spiro atoms. The molecule has 0 unspecified atom stereocenters. The molecule has 0 heterocycles. The van der Waals surface area contributed by atoms with E-state index >= 15 is 0 Å². The second kappa shape index (κ2) is 9.35. The van der Waals surface area contributed by atoms with E-state index in [1.165, 1.54) is 12.1 Å². The van der Waals surface area contributed by atoms with Crippen LogP contribution in [0.2, 0.25) is 0 Å². The van der Waals surface area contributed by atoms with Gasteiger partial charge in [0.2, 0.25) is 5.91 Å². The third kappa shape index (κ3) is 7.67. The van der Waals surface area contributed by atoms with Crippen molar-refractivity contribution in [3.63, 3.8) is 0 Å². The molecule has 8 heteroatoms. The van der Waals surface area contributed by atoms with Crippen LogP contribution in [0.15, 0.2) is 24.3 Å². The molecule has 0 bridgehead atoms. The van der Waals surface area contributed by atoms with Gasteiger partial charge in [0.15, 0.2) is 0 Å². The minimum Gasteiger partial charge on any atom is -0.480 e. The van der Waals surface area contributed by atoms with Gasteiger partial charge in [0.05, 0.1) is 5.56 Å². The molecule has 0 aliphatic rings. The van der Waals surface area contributed by atoms with E-state index in [0.717, 1.165) is 12.1 Å². The number of halogens is 3. The van der Waals surface area contributed by atoms with Gasteiger partial charge < -0.3 is 10.4 Å². The highest BCUT2D eigenvalue weighted by atomic mass is 19.4. The van der Waals surface area contributed by atoms with Crippen LogP contribution in [0.4, 0.5) is 13.2 Å². The molecule has 2 N–H and O–H groups in total. The lowest BCUT2D eigenvalue weighted by Crippen LogP contribution is -2.36. The summed E-state index contributed by atoms with van der Waals surface area (Å²) >= 11 is 0. The van der Waals surface area contributed by atoms with E-state index in [2.05, 4.69) is 5.32 Å². The first kappa shape index (κ1) is 21.7. The Morgan fingerprint density at radius 3 is 2.15 bits per heavy atom. The predicted molar refractivity (Wildman–Crippen MR) is 88.4 cm³/mol. The van der Waals surface area contributed by atoms with Crippen LogP contribution < -0.4 is 5.32 Å². The van der Waals surface area contributed by atoms with Crippen molar-refractivity contribution in [3.05, 3.63) is 35.4 Å². The second-order valence-electron chi connectivity index (χ2n) is 6.55. The SMILES string of the molecule is CC(C)C[C@H](CC(=O)Cc1ccc(C(F)(F)F)cc1)C(=O)NCC(=O)O. The molecular formula is C18H22F3NO4. The molecular weight excluding hydrogens is 351 g/mol. The second-order valence-corrected chi connectivity index (χ2v) is 6.55. The maximum Gasteiger partial charge on any atom is 0.416 e. The van der Waals surface area contributed by atoms with Crippen LogP contribution in [0.3, 0.4) is 0 Å². The number of Topliss-reactive ketones (excluding diaryl/α,β-unsaturated/α-hetero) is 1. The number of rotatable bonds is 9. The van der Waals surface area contributed by atoms with Crippen molar-refractivity contribution in [1.29, 1.82) is 0 Å². The molecule has 1 atom stereocenters. The lowest BCUT2D eigenvalue weighted by atomic mass is 9.90. The maximum atomic E-state index is 12.5. The molecule has 26 heavy (non-hydrogen) atoms. The molecule has 144 valence electrons. The summed E-state index contributed by atoms with van der Waals surface area (Å²) in [6, 6.07) is 4.30. The van der Waals surface area contributed by atoms with Crippen molar-refractivity contribution >= 4 is 17.7 Å². The van der Waals surface area contributed by atoms with Crippen LogP contribution in [0.25, 0.3) is 0 Å². The molecule has 1 aromatic carbocycles. The van der Waals surface area contributed by atoms with Gasteiger partial charge in [-0.2, -0.15) is 13.2 Å². The normalized spacial score (nSPS) is 12.7. The number of carboxylic acid groups (broad SMARTS) is 1. The van der Waals surface area contributed by atoms with E-state index in [-0.39, 0.29) is 24.5 Å². The number of alkyl halides is 3.